The predicted molar refractivity (Wildman–Crippen MR) is 104 cm³/mol. The zero-order chi connectivity index (χ0) is 18.6. The van der Waals surface area contributed by atoms with Crippen molar-refractivity contribution in [3.8, 4) is 0 Å². The molecular formula is C18H19Cl2N5O. The standard InChI is InChI=1S/C18H19Cl2N5O/c1-9-14-10-4-5-11(19)15(20)16(10)22-12(14)6-7-25(9)18(26)17-21-8-13(23-17)24(2)3/h4-5,8-9,22H,6-7H2,1-3H3,(H,21,23). The molecule has 1 aromatic carbocycles. The number of nitrogens with one attached hydrogen (secondary N) is 2. The van der Waals surface area contributed by atoms with Gasteiger partial charge in [-0.05, 0) is 13.0 Å². The van der Waals surface area contributed by atoms with Crippen LogP contribution in [0.2, 0.25) is 10.0 Å². The van der Waals surface area contributed by atoms with Gasteiger partial charge in [0.15, 0.2) is 5.82 Å². The summed E-state index contributed by atoms with van der Waals surface area (Å²) in [7, 11) is 3.80. The highest BCUT2D eigenvalue weighted by Crippen LogP contribution is 2.40. The lowest BCUT2D eigenvalue weighted by molar-refractivity contribution is 0.0667. The van der Waals surface area contributed by atoms with E-state index in [0.717, 1.165) is 34.4 Å². The molecule has 6 nitrogen and oxygen atoms in total. The number of benzene rings is 1. The van der Waals surface area contributed by atoms with Gasteiger partial charge < -0.3 is 19.8 Å². The highest BCUT2D eigenvalue weighted by atomic mass is 35.5. The molecule has 1 aliphatic rings. The van der Waals surface area contributed by atoms with E-state index in [0.29, 0.717) is 22.4 Å². The second-order valence-corrected chi connectivity index (χ2v) is 7.52. The molecule has 2 aromatic heterocycles. The number of halogens is 2. The minimum Gasteiger partial charge on any atom is -0.363 e. The summed E-state index contributed by atoms with van der Waals surface area (Å²) < 4.78 is 0. The topological polar surface area (TPSA) is 68.0 Å². The number of carbonyl (C=O) groups excluding carboxylic acids is 1. The van der Waals surface area contributed by atoms with E-state index in [4.69, 9.17) is 23.2 Å². The molecule has 26 heavy (non-hydrogen) atoms. The van der Waals surface area contributed by atoms with E-state index in [2.05, 4.69) is 15.0 Å². The monoisotopic (exact) mass is 391 g/mol. The maximum atomic E-state index is 13.0. The zero-order valence-electron chi connectivity index (χ0n) is 14.7. The van der Waals surface area contributed by atoms with Gasteiger partial charge in [0, 0.05) is 43.7 Å². The number of aromatic nitrogens is 3. The Balaban J connectivity index is 1.72. The molecule has 3 heterocycles. The summed E-state index contributed by atoms with van der Waals surface area (Å²) >= 11 is 12.5. The van der Waals surface area contributed by atoms with E-state index in [1.54, 1.807) is 12.3 Å². The van der Waals surface area contributed by atoms with Crippen LogP contribution in [-0.2, 0) is 6.42 Å². The number of H-pyrrole nitrogens is 2. The predicted octanol–water partition coefficient (Wildman–Crippen LogP) is 4.02. The van der Waals surface area contributed by atoms with Crippen molar-refractivity contribution in [3.63, 3.8) is 0 Å². The molecule has 0 saturated carbocycles. The lowest BCUT2D eigenvalue weighted by Gasteiger charge is -2.33. The Hall–Kier alpha value is -2.18. The number of aromatic amines is 2. The molecule has 1 amide bonds. The maximum Gasteiger partial charge on any atom is 0.290 e. The van der Waals surface area contributed by atoms with Gasteiger partial charge in [-0.2, -0.15) is 0 Å². The van der Waals surface area contributed by atoms with Crippen LogP contribution >= 0.6 is 23.2 Å². The number of carbonyl (C=O) groups is 1. The molecule has 136 valence electrons. The van der Waals surface area contributed by atoms with Gasteiger partial charge in [0.25, 0.3) is 5.91 Å². The average Bonchev–Trinajstić information content (AvgIpc) is 3.23. The first-order chi connectivity index (χ1) is 12.4. The van der Waals surface area contributed by atoms with Crippen molar-refractivity contribution in [1.29, 1.82) is 0 Å². The molecule has 0 fully saturated rings. The lowest BCUT2D eigenvalue weighted by Crippen LogP contribution is -2.39. The van der Waals surface area contributed by atoms with E-state index in [-0.39, 0.29) is 11.9 Å². The van der Waals surface area contributed by atoms with Gasteiger partial charge in [-0.15, -0.1) is 0 Å². The second-order valence-electron chi connectivity index (χ2n) is 6.74. The van der Waals surface area contributed by atoms with E-state index in [1.807, 2.05) is 36.9 Å². The van der Waals surface area contributed by atoms with Crippen molar-refractivity contribution < 1.29 is 4.79 Å². The van der Waals surface area contributed by atoms with Crippen molar-refractivity contribution in [2.45, 2.75) is 19.4 Å². The largest absolute Gasteiger partial charge is 0.363 e. The molecule has 0 saturated heterocycles. The van der Waals surface area contributed by atoms with Crippen LogP contribution in [-0.4, -0.2) is 46.4 Å². The number of rotatable bonds is 2. The third-order valence-electron chi connectivity index (χ3n) is 4.98. The molecule has 1 atom stereocenters. The molecule has 0 aliphatic carbocycles. The first-order valence-electron chi connectivity index (χ1n) is 8.40. The molecule has 4 rings (SSSR count). The number of imidazole rings is 1. The summed E-state index contributed by atoms with van der Waals surface area (Å²) in [5.74, 6) is 1.04. The summed E-state index contributed by atoms with van der Waals surface area (Å²) in [6, 6.07) is 3.66. The minimum atomic E-state index is -0.106. The van der Waals surface area contributed by atoms with Crippen molar-refractivity contribution in [2.75, 3.05) is 25.5 Å². The van der Waals surface area contributed by atoms with Crippen LogP contribution in [0.3, 0.4) is 0 Å². The fourth-order valence-electron chi connectivity index (χ4n) is 3.60. The third-order valence-corrected chi connectivity index (χ3v) is 5.79. The fraction of sp³-hybridized carbons (Fsp3) is 0.333. The van der Waals surface area contributed by atoms with Crippen LogP contribution in [0.4, 0.5) is 5.82 Å². The van der Waals surface area contributed by atoms with Crippen molar-refractivity contribution in [1.82, 2.24) is 19.9 Å². The van der Waals surface area contributed by atoms with Gasteiger partial charge in [0.2, 0.25) is 0 Å². The molecule has 0 spiro atoms. The molecule has 1 unspecified atom stereocenters. The minimum absolute atomic E-state index is 0.0925. The Kier molecular flexibility index (Phi) is 4.12. The smallest absolute Gasteiger partial charge is 0.290 e. The van der Waals surface area contributed by atoms with Crippen LogP contribution in [0.15, 0.2) is 18.3 Å². The molecule has 3 aromatic rings. The molecule has 0 bridgehead atoms. The number of amides is 1. The molecular weight excluding hydrogens is 373 g/mol. The Morgan fingerprint density at radius 2 is 2.08 bits per heavy atom. The maximum absolute atomic E-state index is 13.0. The quantitative estimate of drug-likeness (QED) is 0.692. The zero-order valence-corrected chi connectivity index (χ0v) is 16.2. The summed E-state index contributed by atoms with van der Waals surface area (Å²) in [6.07, 6.45) is 2.40. The van der Waals surface area contributed by atoms with Crippen LogP contribution < -0.4 is 4.90 Å². The highest BCUT2D eigenvalue weighted by Gasteiger charge is 2.32. The highest BCUT2D eigenvalue weighted by molar-refractivity contribution is 6.45. The Morgan fingerprint density at radius 1 is 1.31 bits per heavy atom. The van der Waals surface area contributed by atoms with Crippen LogP contribution in [0.5, 0.6) is 0 Å². The Morgan fingerprint density at radius 3 is 2.77 bits per heavy atom. The van der Waals surface area contributed by atoms with E-state index < -0.39 is 0 Å². The molecule has 1 aliphatic heterocycles. The van der Waals surface area contributed by atoms with Crippen LogP contribution in [0.25, 0.3) is 10.9 Å². The second kappa shape index (κ2) is 6.21. The number of fused-ring (bicyclic) bond motifs is 3. The van der Waals surface area contributed by atoms with Gasteiger partial charge in [-0.25, -0.2) is 4.98 Å². The number of hydrogen-bond donors (Lipinski definition) is 2. The van der Waals surface area contributed by atoms with Crippen LogP contribution in [0.1, 0.15) is 34.8 Å². The third kappa shape index (κ3) is 2.56. The number of anilines is 1. The summed E-state index contributed by atoms with van der Waals surface area (Å²) in [5.41, 5.74) is 3.03. The van der Waals surface area contributed by atoms with Gasteiger partial charge in [-0.3, -0.25) is 4.79 Å². The molecule has 0 radical (unpaired) electrons. The van der Waals surface area contributed by atoms with E-state index in [1.165, 1.54) is 0 Å². The van der Waals surface area contributed by atoms with Gasteiger partial charge in [0.05, 0.1) is 27.8 Å². The first kappa shape index (κ1) is 17.2. The lowest BCUT2D eigenvalue weighted by atomic mass is 9.97. The van der Waals surface area contributed by atoms with Gasteiger partial charge >= 0.3 is 0 Å². The fourth-order valence-corrected chi connectivity index (χ4v) is 3.96. The van der Waals surface area contributed by atoms with Crippen molar-refractivity contribution in [2.24, 2.45) is 0 Å². The van der Waals surface area contributed by atoms with E-state index >= 15 is 0 Å². The van der Waals surface area contributed by atoms with E-state index in [9.17, 15) is 4.79 Å². The number of hydrogen-bond acceptors (Lipinski definition) is 3. The summed E-state index contributed by atoms with van der Waals surface area (Å²) in [4.78, 5) is 27.4. The molecule has 8 heteroatoms. The average molecular weight is 392 g/mol. The number of nitrogens with zero attached hydrogens (tertiary/aromatic N) is 3. The first-order valence-corrected chi connectivity index (χ1v) is 9.15. The van der Waals surface area contributed by atoms with Gasteiger partial charge in [0.1, 0.15) is 5.82 Å². The van der Waals surface area contributed by atoms with Gasteiger partial charge in [-0.1, -0.05) is 29.3 Å². The Labute approximate surface area is 161 Å². The van der Waals surface area contributed by atoms with Crippen LogP contribution in [0, 0.1) is 0 Å². The normalized spacial score (nSPS) is 16.8. The Bertz CT molecular complexity index is 1010. The summed E-state index contributed by atoms with van der Waals surface area (Å²) in [6.45, 7) is 2.64. The van der Waals surface area contributed by atoms with Crippen molar-refractivity contribution in [3.05, 3.63) is 45.5 Å². The summed E-state index contributed by atoms with van der Waals surface area (Å²) in [5, 5.41) is 2.04. The van der Waals surface area contributed by atoms with Crippen molar-refractivity contribution >= 4 is 45.8 Å². The molecule has 2 N–H and O–H groups in total. The SMILES string of the molecule is CC1c2c([nH]c3c(Cl)c(Cl)ccc23)CCN1C(=O)c1ncc(N(C)C)[nH]1.